The standard InChI is InChI=1S/C11H15N3O3S/c1-2-8(15)6-14-18(16,17)10-7-13-11-9(10)4-3-5-12-11/h3-5,7-8,14-15H,2,6H2,1H3,(H,12,13). The van der Waals surface area contributed by atoms with Gasteiger partial charge in [-0.2, -0.15) is 0 Å². The molecule has 2 aromatic heterocycles. The molecule has 6 nitrogen and oxygen atoms in total. The zero-order valence-electron chi connectivity index (χ0n) is 9.92. The Morgan fingerprint density at radius 2 is 2.33 bits per heavy atom. The molecule has 3 N–H and O–H groups in total. The van der Waals surface area contributed by atoms with Crippen LogP contribution in [0.15, 0.2) is 29.4 Å². The highest BCUT2D eigenvalue weighted by Crippen LogP contribution is 2.20. The number of hydrogen-bond acceptors (Lipinski definition) is 4. The van der Waals surface area contributed by atoms with Gasteiger partial charge in [0.1, 0.15) is 10.5 Å². The number of aromatic amines is 1. The van der Waals surface area contributed by atoms with Crippen LogP contribution in [0, 0.1) is 0 Å². The van der Waals surface area contributed by atoms with Gasteiger partial charge in [-0.3, -0.25) is 0 Å². The molecule has 1 unspecified atom stereocenters. The van der Waals surface area contributed by atoms with Gasteiger partial charge in [0.05, 0.1) is 6.10 Å². The quantitative estimate of drug-likeness (QED) is 0.741. The summed E-state index contributed by atoms with van der Waals surface area (Å²) in [6.45, 7) is 1.79. The lowest BCUT2D eigenvalue weighted by atomic mass is 10.3. The molecule has 0 aliphatic rings. The molecule has 0 saturated heterocycles. The Balaban J connectivity index is 2.30. The van der Waals surface area contributed by atoms with Crippen LogP contribution in [0.2, 0.25) is 0 Å². The highest BCUT2D eigenvalue weighted by Gasteiger charge is 2.19. The Morgan fingerprint density at radius 3 is 3.06 bits per heavy atom. The van der Waals surface area contributed by atoms with E-state index in [0.717, 1.165) is 0 Å². The molecule has 0 amide bonds. The Kier molecular flexibility index (Phi) is 3.65. The van der Waals surface area contributed by atoms with Crippen molar-refractivity contribution in [2.45, 2.75) is 24.3 Å². The molecule has 1 atom stereocenters. The average Bonchev–Trinajstić information content (AvgIpc) is 2.80. The summed E-state index contributed by atoms with van der Waals surface area (Å²) in [5, 5.41) is 9.92. The number of hydrogen-bond donors (Lipinski definition) is 3. The smallest absolute Gasteiger partial charge is 0.242 e. The molecular weight excluding hydrogens is 254 g/mol. The highest BCUT2D eigenvalue weighted by atomic mass is 32.2. The van der Waals surface area contributed by atoms with Gasteiger partial charge in [0.15, 0.2) is 0 Å². The van der Waals surface area contributed by atoms with Crippen LogP contribution in [0.1, 0.15) is 13.3 Å². The molecule has 18 heavy (non-hydrogen) atoms. The number of aliphatic hydroxyl groups excluding tert-OH is 1. The third-order valence-electron chi connectivity index (χ3n) is 2.68. The van der Waals surface area contributed by atoms with Crippen LogP contribution in [0.4, 0.5) is 0 Å². The number of nitrogens with one attached hydrogen (secondary N) is 2. The zero-order valence-corrected chi connectivity index (χ0v) is 10.7. The first-order valence-corrected chi connectivity index (χ1v) is 7.12. The second kappa shape index (κ2) is 5.05. The van der Waals surface area contributed by atoms with Crippen LogP contribution in [0.5, 0.6) is 0 Å². The maximum Gasteiger partial charge on any atom is 0.242 e. The molecular formula is C11H15N3O3S. The van der Waals surface area contributed by atoms with Crippen molar-refractivity contribution in [2.24, 2.45) is 0 Å². The Morgan fingerprint density at radius 1 is 1.56 bits per heavy atom. The summed E-state index contributed by atoms with van der Waals surface area (Å²) in [6.07, 6.45) is 2.81. The summed E-state index contributed by atoms with van der Waals surface area (Å²) < 4.78 is 26.5. The SMILES string of the molecule is CCC(O)CNS(=O)(=O)c1c[nH]c2ncccc12. The van der Waals surface area contributed by atoms with E-state index in [1.807, 2.05) is 0 Å². The topological polar surface area (TPSA) is 95.1 Å². The third kappa shape index (κ3) is 2.53. The van der Waals surface area contributed by atoms with Gasteiger partial charge in [0.25, 0.3) is 0 Å². The van der Waals surface area contributed by atoms with Gasteiger partial charge < -0.3 is 10.1 Å². The van der Waals surface area contributed by atoms with E-state index in [1.54, 1.807) is 25.3 Å². The lowest BCUT2D eigenvalue weighted by Gasteiger charge is -2.09. The number of pyridine rings is 1. The minimum atomic E-state index is -3.63. The van der Waals surface area contributed by atoms with Gasteiger partial charge in [-0.05, 0) is 18.6 Å². The van der Waals surface area contributed by atoms with Crippen LogP contribution in [0.3, 0.4) is 0 Å². The third-order valence-corrected chi connectivity index (χ3v) is 4.15. The minimum Gasteiger partial charge on any atom is -0.392 e. The second-order valence-corrected chi connectivity index (χ2v) is 5.70. The zero-order chi connectivity index (χ0) is 13.2. The predicted molar refractivity (Wildman–Crippen MR) is 67.6 cm³/mol. The summed E-state index contributed by atoms with van der Waals surface area (Å²) in [7, 11) is -3.63. The van der Waals surface area contributed by atoms with E-state index in [9.17, 15) is 13.5 Å². The van der Waals surface area contributed by atoms with Crippen LogP contribution in [-0.2, 0) is 10.0 Å². The average molecular weight is 269 g/mol. The molecule has 0 aliphatic heterocycles. The van der Waals surface area contributed by atoms with E-state index in [1.165, 1.54) is 6.20 Å². The molecule has 0 saturated carbocycles. The summed E-state index contributed by atoms with van der Waals surface area (Å²) >= 11 is 0. The largest absolute Gasteiger partial charge is 0.392 e. The van der Waals surface area contributed by atoms with Gasteiger partial charge in [0.2, 0.25) is 10.0 Å². The van der Waals surface area contributed by atoms with Crippen molar-refractivity contribution in [3.63, 3.8) is 0 Å². The first-order valence-electron chi connectivity index (χ1n) is 5.64. The predicted octanol–water partition coefficient (Wildman–Crippen LogP) is 0.612. The monoisotopic (exact) mass is 269 g/mol. The molecule has 2 rings (SSSR count). The van der Waals surface area contributed by atoms with Gasteiger partial charge in [-0.15, -0.1) is 0 Å². The number of rotatable bonds is 5. The van der Waals surface area contributed by atoms with E-state index in [0.29, 0.717) is 17.5 Å². The number of nitrogens with zero attached hydrogens (tertiary/aromatic N) is 1. The fourth-order valence-electron chi connectivity index (χ4n) is 1.58. The fraction of sp³-hybridized carbons (Fsp3) is 0.364. The van der Waals surface area contributed by atoms with Crippen LogP contribution < -0.4 is 4.72 Å². The summed E-state index contributed by atoms with van der Waals surface area (Å²) in [5.41, 5.74) is 0.522. The van der Waals surface area contributed by atoms with Crippen molar-refractivity contribution < 1.29 is 13.5 Å². The molecule has 0 fully saturated rings. The number of H-pyrrole nitrogens is 1. The molecule has 0 spiro atoms. The molecule has 0 radical (unpaired) electrons. The lowest BCUT2D eigenvalue weighted by Crippen LogP contribution is -2.31. The van der Waals surface area contributed by atoms with Crippen molar-refractivity contribution in [1.29, 1.82) is 0 Å². The molecule has 98 valence electrons. The summed E-state index contributed by atoms with van der Waals surface area (Å²) in [4.78, 5) is 6.98. The first kappa shape index (κ1) is 13.0. The number of aromatic nitrogens is 2. The van der Waals surface area contributed by atoms with Crippen LogP contribution >= 0.6 is 0 Å². The Hall–Kier alpha value is -1.44. The number of fused-ring (bicyclic) bond motifs is 1. The summed E-state index contributed by atoms with van der Waals surface area (Å²) in [5.74, 6) is 0. The molecule has 0 aromatic carbocycles. The van der Waals surface area contributed by atoms with Crippen molar-refractivity contribution in [3.8, 4) is 0 Å². The van der Waals surface area contributed by atoms with Crippen molar-refractivity contribution >= 4 is 21.1 Å². The van der Waals surface area contributed by atoms with Gasteiger partial charge >= 0.3 is 0 Å². The molecule has 0 aliphatic carbocycles. The van der Waals surface area contributed by atoms with Crippen molar-refractivity contribution in [2.75, 3.05) is 6.54 Å². The highest BCUT2D eigenvalue weighted by molar-refractivity contribution is 7.89. The molecule has 2 aromatic rings. The maximum absolute atomic E-state index is 12.1. The van der Waals surface area contributed by atoms with Gasteiger partial charge in [0, 0.05) is 24.3 Å². The van der Waals surface area contributed by atoms with Crippen LogP contribution in [0.25, 0.3) is 11.0 Å². The fourth-order valence-corrected chi connectivity index (χ4v) is 2.82. The van der Waals surface area contributed by atoms with Crippen molar-refractivity contribution in [1.82, 2.24) is 14.7 Å². The number of aliphatic hydroxyl groups is 1. The molecule has 2 heterocycles. The first-order chi connectivity index (χ1) is 8.54. The molecule has 7 heteroatoms. The number of sulfonamides is 1. The van der Waals surface area contributed by atoms with Gasteiger partial charge in [-0.25, -0.2) is 18.1 Å². The Labute approximate surface area is 105 Å². The normalized spacial score (nSPS) is 13.9. The summed E-state index contributed by atoms with van der Waals surface area (Å²) in [6, 6.07) is 3.36. The van der Waals surface area contributed by atoms with Gasteiger partial charge in [-0.1, -0.05) is 6.92 Å². The lowest BCUT2D eigenvalue weighted by molar-refractivity contribution is 0.174. The maximum atomic E-state index is 12.1. The second-order valence-electron chi connectivity index (χ2n) is 3.97. The van der Waals surface area contributed by atoms with Crippen LogP contribution in [-0.4, -0.2) is 36.1 Å². The Bertz CT molecular complexity index is 636. The van der Waals surface area contributed by atoms with E-state index < -0.39 is 16.1 Å². The van der Waals surface area contributed by atoms with E-state index in [-0.39, 0.29) is 11.4 Å². The van der Waals surface area contributed by atoms with E-state index >= 15 is 0 Å². The minimum absolute atomic E-state index is 0.00572. The van der Waals surface area contributed by atoms with E-state index in [2.05, 4.69) is 14.7 Å². The molecule has 0 bridgehead atoms. The van der Waals surface area contributed by atoms with E-state index in [4.69, 9.17) is 0 Å². The van der Waals surface area contributed by atoms with Crippen molar-refractivity contribution in [3.05, 3.63) is 24.5 Å².